The number of hydrogen-bond donors (Lipinski definition) is 0. The molecule has 0 atom stereocenters. The first-order chi connectivity index (χ1) is 13.3. The minimum absolute atomic E-state index is 0.149. The minimum Gasteiger partial charge on any atom is -0.360 e. The van der Waals surface area contributed by atoms with Gasteiger partial charge in [0.2, 0.25) is 0 Å². The first-order valence-electron chi connectivity index (χ1n) is 8.47. The topological polar surface area (TPSA) is 43.1 Å². The summed E-state index contributed by atoms with van der Waals surface area (Å²) in [5.41, 5.74) is -0.377. The molecular formula is C20H13ClF3NO2S. The number of benzene rings is 2. The summed E-state index contributed by atoms with van der Waals surface area (Å²) in [7, 11) is 0. The zero-order chi connectivity index (χ0) is 19.9. The van der Waals surface area contributed by atoms with Crippen molar-refractivity contribution in [3.05, 3.63) is 76.1 Å². The van der Waals surface area contributed by atoms with Crippen LogP contribution in [-0.2, 0) is 6.18 Å². The molecule has 0 N–H and O–H groups in total. The van der Waals surface area contributed by atoms with Gasteiger partial charge in [-0.05, 0) is 43.2 Å². The third-order valence-electron chi connectivity index (χ3n) is 4.40. The lowest BCUT2D eigenvalue weighted by molar-refractivity contribution is -0.137. The molecule has 1 saturated carbocycles. The monoisotopic (exact) mass is 423 g/mol. The summed E-state index contributed by atoms with van der Waals surface area (Å²) in [6.07, 6.45) is -1.38. The Kier molecular flexibility index (Phi) is 4.97. The first kappa shape index (κ1) is 19.1. The highest BCUT2D eigenvalue weighted by Gasteiger charge is 2.35. The van der Waals surface area contributed by atoms with Gasteiger partial charge >= 0.3 is 6.18 Å². The molecule has 0 radical (unpaired) electrons. The van der Waals surface area contributed by atoms with E-state index >= 15 is 0 Å². The van der Waals surface area contributed by atoms with Crippen LogP contribution in [0.15, 0.2) is 63.0 Å². The fraction of sp³-hybridized carbons (Fsp3) is 0.200. The molecule has 1 aromatic heterocycles. The molecule has 0 amide bonds. The van der Waals surface area contributed by atoms with Crippen LogP contribution < -0.4 is 0 Å². The van der Waals surface area contributed by atoms with Crippen molar-refractivity contribution in [3.63, 3.8) is 0 Å². The lowest BCUT2D eigenvalue weighted by Crippen LogP contribution is -2.09. The lowest BCUT2D eigenvalue weighted by Gasteiger charge is -2.13. The molecule has 144 valence electrons. The van der Waals surface area contributed by atoms with Gasteiger partial charge in [0.15, 0.2) is 11.5 Å². The molecule has 2 aromatic carbocycles. The molecule has 28 heavy (non-hydrogen) atoms. The summed E-state index contributed by atoms with van der Waals surface area (Å²) in [6.45, 7) is 0. The van der Waals surface area contributed by atoms with Crippen molar-refractivity contribution in [2.75, 3.05) is 0 Å². The molecule has 4 rings (SSSR count). The van der Waals surface area contributed by atoms with Gasteiger partial charge in [-0.3, -0.25) is 4.79 Å². The van der Waals surface area contributed by atoms with Crippen LogP contribution in [0, 0.1) is 0 Å². The molecule has 8 heteroatoms. The summed E-state index contributed by atoms with van der Waals surface area (Å²) < 4.78 is 44.9. The number of alkyl halides is 3. The number of halogens is 4. The van der Waals surface area contributed by atoms with Crippen LogP contribution in [0.2, 0.25) is 5.02 Å². The minimum atomic E-state index is -4.52. The van der Waals surface area contributed by atoms with E-state index < -0.39 is 17.5 Å². The van der Waals surface area contributed by atoms with Crippen molar-refractivity contribution in [1.29, 1.82) is 0 Å². The maximum absolute atomic E-state index is 13.2. The van der Waals surface area contributed by atoms with Crippen LogP contribution in [0.5, 0.6) is 0 Å². The molecule has 1 fully saturated rings. The maximum atomic E-state index is 13.2. The first-order valence-corrected chi connectivity index (χ1v) is 9.67. The van der Waals surface area contributed by atoms with Gasteiger partial charge in [-0.15, -0.1) is 0 Å². The Hall–Kier alpha value is -2.25. The lowest BCUT2D eigenvalue weighted by atomic mass is 10.0. The second-order valence-corrected chi connectivity index (χ2v) is 7.94. The fourth-order valence-electron chi connectivity index (χ4n) is 2.82. The second-order valence-electron chi connectivity index (χ2n) is 6.45. The molecule has 0 bridgehead atoms. The van der Waals surface area contributed by atoms with Gasteiger partial charge in [0.05, 0.1) is 22.3 Å². The number of nitrogens with zero attached hydrogens (tertiary/aromatic N) is 1. The van der Waals surface area contributed by atoms with Gasteiger partial charge in [-0.2, -0.15) is 13.2 Å². The summed E-state index contributed by atoms with van der Waals surface area (Å²) in [5.74, 6) is 0.237. The van der Waals surface area contributed by atoms with Crippen molar-refractivity contribution < 1.29 is 22.5 Å². The summed E-state index contributed by atoms with van der Waals surface area (Å²) in [5, 5.41) is 4.11. The van der Waals surface area contributed by atoms with Crippen LogP contribution in [-0.4, -0.2) is 10.9 Å². The van der Waals surface area contributed by atoms with E-state index in [0.29, 0.717) is 21.2 Å². The third-order valence-corrected chi connectivity index (χ3v) is 5.98. The molecule has 1 aliphatic carbocycles. The summed E-state index contributed by atoms with van der Waals surface area (Å²) in [4.78, 5) is 13.8. The summed E-state index contributed by atoms with van der Waals surface area (Å²) in [6, 6.07) is 9.88. The number of rotatable bonds is 5. The van der Waals surface area contributed by atoms with Gasteiger partial charge in [-0.1, -0.05) is 40.7 Å². The molecule has 0 unspecified atom stereocenters. The Morgan fingerprint density at radius 2 is 1.86 bits per heavy atom. The van der Waals surface area contributed by atoms with Crippen molar-refractivity contribution in [2.45, 2.75) is 34.7 Å². The predicted molar refractivity (Wildman–Crippen MR) is 98.9 cm³/mol. The number of aromatic nitrogens is 1. The Labute approximate surface area is 167 Å². The Balaban J connectivity index is 1.78. The molecule has 3 aromatic rings. The zero-order valence-corrected chi connectivity index (χ0v) is 15.9. The molecular weight excluding hydrogens is 411 g/mol. The smallest absolute Gasteiger partial charge is 0.360 e. The van der Waals surface area contributed by atoms with Gasteiger partial charge in [0.25, 0.3) is 0 Å². The zero-order valence-electron chi connectivity index (χ0n) is 14.3. The van der Waals surface area contributed by atoms with E-state index in [1.165, 1.54) is 12.3 Å². The van der Waals surface area contributed by atoms with Crippen LogP contribution in [0.1, 0.15) is 46.0 Å². The quantitative estimate of drug-likeness (QED) is 0.433. The van der Waals surface area contributed by atoms with E-state index in [1.807, 2.05) is 0 Å². The Bertz CT molecular complexity index is 1040. The Morgan fingerprint density at radius 3 is 2.54 bits per heavy atom. The van der Waals surface area contributed by atoms with Gasteiger partial charge < -0.3 is 4.52 Å². The van der Waals surface area contributed by atoms with E-state index in [1.54, 1.807) is 24.3 Å². The number of carbonyl (C=O) groups is 1. The van der Waals surface area contributed by atoms with Crippen LogP contribution >= 0.6 is 23.4 Å². The average molecular weight is 424 g/mol. The number of carbonyl (C=O) groups excluding carboxylic acids is 1. The largest absolute Gasteiger partial charge is 0.416 e. The van der Waals surface area contributed by atoms with E-state index in [4.69, 9.17) is 16.1 Å². The number of hydrogen-bond acceptors (Lipinski definition) is 4. The highest BCUT2D eigenvalue weighted by Crippen LogP contribution is 2.43. The number of ketones is 1. The second kappa shape index (κ2) is 7.29. The van der Waals surface area contributed by atoms with Gasteiger partial charge in [0.1, 0.15) is 0 Å². The standard InChI is InChI=1S/C20H13ClF3NO2S/c21-15-3-1-2-4-16(15)28-17-9-12(20(22,23)24)7-8-13(17)18(26)14-10-25-27-19(14)11-5-6-11/h1-4,7-11H,5-6H2. The molecule has 0 saturated heterocycles. The SMILES string of the molecule is O=C(c1ccc(C(F)(F)F)cc1Sc1ccccc1Cl)c1cnoc1C1CC1. The average Bonchev–Trinajstić information content (AvgIpc) is 3.39. The van der Waals surface area contributed by atoms with Gasteiger partial charge in [0, 0.05) is 21.3 Å². The molecule has 1 aliphatic rings. The van der Waals surface area contributed by atoms with Crippen LogP contribution in [0.3, 0.4) is 0 Å². The molecule has 1 heterocycles. The molecule has 3 nitrogen and oxygen atoms in total. The third kappa shape index (κ3) is 3.82. The fourth-order valence-corrected chi connectivity index (χ4v) is 4.08. The van der Waals surface area contributed by atoms with Crippen molar-refractivity contribution in [2.24, 2.45) is 0 Å². The van der Waals surface area contributed by atoms with Crippen molar-refractivity contribution >= 4 is 29.1 Å². The molecule has 0 aliphatic heterocycles. The van der Waals surface area contributed by atoms with Crippen molar-refractivity contribution in [1.82, 2.24) is 5.16 Å². The Morgan fingerprint density at radius 1 is 1.11 bits per heavy atom. The maximum Gasteiger partial charge on any atom is 0.416 e. The van der Waals surface area contributed by atoms with Crippen molar-refractivity contribution in [3.8, 4) is 0 Å². The van der Waals surface area contributed by atoms with Crippen LogP contribution in [0.25, 0.3) is 0 Å². The van der Waals surface area contributed by atoms with Gasteiger partial charge in [-0.25, -0.2) is 0 Å². The van der Waals surface area contributed by atoms with Crippen LogP contribution in [0.4, 0.5) is 13.2 Å². The predicted octanol–water partition coefficient (Wildman–Crippen LogP) is 6.61. The van der Waals surface area contributed by atoms with E-state index in [0.717, 1.165) is 36.7 Å². The van der Waals surface area contributed by atoms with E-state index in [-0.39, 0.29) is 16.4 Å². The molecule has 0 spiro atoms. The highest BCUT2D eigenvalue weighted by molar-refractivity contribution is 7.99. The van der Waals surface area contributed by atoms with E-state index in [2.05, 4.69) is 5.16 Å². The van der Waals surface area contributed by atoms with E-state index in [9.17, 15) is 18.0 Å². The highest BCUT2D eigenvalue weighted by atomic mass is 35.5. The summed E-state index contributed by atoms with van der Waals surface area (Å²) >= 11 is 7.18. The normalized spacial score (nSPS) is 14.3.